The standard InChI is InChI=1S/C5H6BrNO.BrH/c6-2-1-5-7-3-4-8-5;/h3-4H,1-2H2;1H. The summed E-state index contributed by atoms with van der Waals surface area (Å²) in [5.74, 6) is 0.793. The van der Waals surface area contributed by atoms with Crippen LogP contribution in [-0.4, -0.2) is 10.3 Å². The van der Waals surface area contributed by atoms with Gasteiger partial charge in [0, 0.05) is 11.8 Å². The fraction of sp³-hybridized carbons (Fsp3) is 0.400. The number of hydrogen-bond donors (Lipinski definition) is 0. The van der Waals surface area contributed by atoms with E-state index in [1.54, 1.807) is 12.5 Å². The van der Waals surface area contributed by atoms with E-state index >= 15 is 0 Å². The van der Waals surface area contributed by atoms with Crippen LogP contribution in [0.1, 0.15) is 5.89 Å². The Balaban J connectivity index is 0.000000640. The van der Waals surface area contributed by atoms with E-state index in [1.807, 2.05) is 0 Å². The summed E-state index contributed by atoms with van der Waals surface area (Å²) in [4.78, 5) is 3.91. The minimum absolute atomic E-state index is 0. The Morgan fingerprint density at radius 2 is 2.44 bits per heavy atom. The van der Waals surface area contributed by atoms with Gasteiger partial charge in [0.05, 0.1) is 6.20 Å². The number of nitrogens with zero attached hydrogens (tertiary/aromatic N) is 1. The molecule has 0 aliphatic rings. The molecule has 2 nitrogen and oxygen atoms in total. The average Bonchev–Trinajstić information content (AvgIpc) is 2.19. The zero-order valence-electron chi connectivity index (χ0n) is 4.71. The van der Waals surface area contributed by atoms with Gasteiger partial charge in [-0.1, -0.05) is 15.9 Å². The molecular formula is C5H7Br2NO. The summed E-state index contributed by atoms with van der Waals surface area (Å²) in [5.41, 5.74) is 0. The maximum Gasteiger partial charge on any atom is 0.194 e. The van der Waals surface area contributed by atoms with E-state index < -0.39 is 0 Å². The van der Waals surface area contributed by atoms with E-state index in [0.717, 1.165) is 17.6 Å². The minimum atomic E-state index is 0. The number of alkyl halides is 1. The van der Waals surface area contributed by atoms with Gasteiger partial charge in [0.15, 0.2) is 5.89 Å². The molecular weight excluding hydrogens is 250 g/mol. The Hall–Kier alpha value is 0.170. The summed E-state index contributed by atoms with van der Waals surface area (Å²) in [6.07, 6.45) is 4.10. The van der Waals surface area contributed by atoms with Gasteiger partial charge in [-0.2, -0.15) is 0 Å². The van der Waals surface area contributed by atoms with Gasteiger partial charge >= 0.3 is 0 Å². The molecule has 0 aromatic carbocycles. The highest BCUT2D eigenvalue weighted by Gasteiger charge is 1.91. The number of aryl methyl sites for hydroxylation is 1. The van der Waals surface area contributed by atoms with Gasteiger partial charge in [-0.15, -0.1) is 17.0 Å². The zero-order valence-corrected chi connectivity index (χ0v) is 8.01. The molecule has 0 amide bonds. The van der Waals surface area contributed by atoms with Crippen molar-refractivity contribution in [3.63, 3.8) is 0 Å². The average molecular weight is 257 g/mol. The molecule has 0 aliphatic carbocycles. The minimum Gasteiger partial charge on any atom is -0.449 e. The van der Waals surface area contributed by atoms with Crippen molar-refractivity contribution in [1.82, 2.24) is 4.98 Å². The van der Waals surface area contributed by atoms with Crippen LogP contribution in [0, 0.1) is 0 Å². The van der Waals surface area contributed by atoms with E-state index in [2.05, 4.69) is 20.9 Å². The second kappa shape index (κ2) is 4.99. The number of rotatable bonds is 2. The lowest BCUT2D eigenvalue weighted by Crippen LogP contribution is -1.82. The SMILES string of the molecule is Br.BrCCc1ncco1. The number of aromatic nitrogens is 1. The lowest BCUT2D eigenvalue weighted by atomic mass is 10.5. The van der Waals surface area contributed by atoms with Gasteiger partial charge in [0.1, 0.15) is 6.26 Å². The highest BCUT2D eigenvalue weighted by Crippen LogP contribution is 1.96. The van der Waals surface area contributed by atoms with E-state index in [0.29, 0.717) is 0 Å². The molecule has 1 aromatic heterocycles. The van der Waals surface area contributed by atoms with Gasteiger partial charge < -0.3 is 4.42 Å². The van der Waals surface area contributed by atoms with Gasteiger partial charge in [-0.05, 0) is 0 Å². The molecule has 0 N–H and O–H groups in total. The number of halogens is 2. The van der Waals surface area contributed by atoms with Crippen LogP contribution < -0.4 is 0 Å². The highest BCUT2D eigenvalue weighted by atomic mass is 79.9. The Labute approximate surface area is 72.6 Å². The summed E-state index contributed by atoms with van der Waals surface area (Å²) >= 11 is 3.27. The van der Waals surface area contributed by atoms with Crippen molar-refractivity contribution >= 4 is 32.9 Å². The molecule has 1 aromatic rings. The van der Waals surface area contributed by atoms with Crippen LogP contribution in [0.3, 0.4) is 0 Å². The van der Waals surface area contributed by atoms with Crippen LogP contribution in [0.4, 0.5) is 0 Å². The molecule has 0 aliphatic heterocycles. The summed E-state index contributed by atoms with van der Waals surface area (Å²) in [7, 11) is 0. The van der Waals surface area contributed by atoms with Gasteiger partial charge in [0.25, 0.3) is 0 Å². The molecule has 1 heterocycles. The topological polar surface area (TPSA) is 26.0 Å². The van der Waals surface area contributed by atoms with Crippen molar-refractivity contribution in [2.45, 2.75) is 6.42 Å². The van der Waals surface area contributed by atoms with Crippen molar-refractivity contribution < 1.29 is 4.42 Å². The smallest absolute Gasteiger partial charge is 0.194 e. The molecule has 0 bridgehead atoms. The first-order valence-corrected chi connectivity index (χ1v) is 3.50. The molecule has 0 spiro atoms. The van der Waals surface area contributed by atoms with Crippen molar-refractivity contribution in [3.8, 4) is 0 Å². The molecule has 0 unspecified atom stereocenters. The van der Waals surface area contributed by atoms with Crippen LogP contribution in [0.25, 0.3) is 0 Å². The Morgan fingerprint density at radius 3 is 2.89 bits per heavy atom. The summed E-state index contributed by atoms with van der Waals surface area (Å²) < 4.78 is 4.93. The quantitative estimate of drug-likeness (QED) is 0.759. The predicted molar refractivity (Wildman–Crippen MR) is 44.3 cm³/mol. The first-order valence-electron chi connectivity index (χ1n) is 2.38. The van der Waals surface area contributed by atoms with Crippen LogP contribution >= 0.6 is 32.9 Å². The van der Waals surface area contributed by atoms with Crippen LogP contribution in [0.15, 0.2) is 16.9 Å². The molecule has 4 heteroatoms. The molecule has 0 radical (unpaired) electrons. The first-order chi connectivity index (χ1) is 3.93. The third kappa shape index (κ3) is 3.01. The molecule has 1 rings (SSSR count). The number of oxazole rings is 1. The predicted octanol–water partition coefficient (Wildman–Crippen LogP) is 2.19. The summed E-state index contributed by atoms with van der Waals surface area (Å²) in [6.45, 7) is 0. The lowest BCUT2D eigenvalue weighted by molar-refractivity contribution is 0.503. The fourth-order valence-corrected chi connectivity index (χ4v) is 0.796. The molecule has 0 saturated carbocycles. The second-order valence-corrected chi connectivity index (χ2v) is 2.16. The monoisotopic (exact) mass is 255 g/mol. The third-order valence-electron chi connectivity index (χ3n) is 0.792. The summed E-state index contributed by atoms with van der Waals surface area (Å²) in [5, 5.41) is 0.910. The Bertz CT molecular complexity index is 141. The largest absolute Gasteiger partial charge is 0.449 e. The second-order valence-electron chi connectivity index (χ2n) is 1.36. The van der Waals surface area contributed by atoms with Crippen molar-refractivity contribution in [1.29, 1.82) is 0 Å². The van der Waals surface area contributed by atoms with Crippen LogP contribution in [-0.2, 0) is 6.42 Å². The molecule has 0 saturated heterocycles. The van der Waals surface area contributed by atoms with Gasteiger partial charge in [-0.25, -0.2) is 4.98 Å². The van der Waals surface area contributed by atoms with E-state index in [-0.39, 0.29) is 17.0 Å². The van der Waals surface area contributed by atoms with Crippen molar-refractivity contribution in [2.75, 3.05) is 5.33 Å². The Kier molecular flexibility index (Phi) is 5.09. The van der Waals surface area contributed by atoms with Crippen LogP contribution in [0.5, 0.6) is 0 Å². The molecule has 0 fully saturated rings. The molecule has 9 heavy (non-hydrogen) atoms. The number of hydrogen-bond acceptors (Lipinski definition) is 2. The molecule has 52 valence electrons. The van der Waals surface area contributed by atoms with Crippen molar-refractivity contribution in [2.24, 2.45) is 0 Å². The maximum atomic E-state index is 4.93. The van der Waals surface area contributed by atoms with E-state index in [1.165, 1.54) is 0 Å². The van der Waals surface area contributed by atoms with Gasteiger partial charge in [0.2, 0.25) is 0 Å². The normalized spacial score (nSPS) is 8.56. The van der Waals surface area contributed by atoms with E-state index in [4.69, 9.17) is 4.42 Å². The molecule has 0 atom stereocenters. The van der Waals surface area contributed by atoms with E-state index in [9.17, 15) is 0 Å². The van der Waals surface area contributed by atoms with Crippen molar-refractivity contribution in [3.05, 3.63) is 18.4 Å². The zero-order chi connectivity index (χ0) is 5.82. The third-order valence-corrected chi connectivity index (χ3v) is 1.19. The fourth-order valence-electron chi connectivity index (χ4n) is 0.457. The Morgan fingerprint density at radius 1 is 1.67 bits per heavy atom. The highest BCUT2D eigenvalue weighted by molar-refractivity contribution is 9.09. The maximum absolute atomic E-state index is 4.93. The van der Waals surface area contributed by atoms with Crippen LogP contribution in [0.2, 0.25) is 0 Å². The summed E-state index contributed by atoms with van der Waals surface area (Å²) in [6, 6.07) is 0. The van der Waals surface area contributed by atoms with Gasteiger partial charge in [-0.3, -0.25) is 0 Å². The first kappa shape index (κ1) is 9.17. The lowest BCUT2D eigenvalue weighted by Gasteiger charge is -1.82.